The Kier molecular flexibility index (Phi) is 10.6. The summed E-state index contributed by atoms with van der Waals surface area (Å²) in [4.78, 5) is 0. The van der Waals surface area contributed by atoms with Gasteiger partial charge in [-0.3, -0.25) is 0 Å². The van der Waals surface area contributed by atoms with Gasteiger partial charge < -0.3 is 10.4 Å². The van der Waals surface area contributed by atoms with E-state index in [-0.39, 0.29) is 0 Å². The van der Waals surface area contributed by atoms with Crippen molar-refractivity contribution in [2.75, 3.05) is 24.7 Å². The Balaban J connectivity index is 2.97. The minimum atomic E-state index is 0.334. The second-order valence-electron chi connectivity index (χ2n) is 3.29. The summed E-state index contributed by atoms with van der Waals surface area (Å²) in [6.07, 6.45) is 3.48. The van der Waals surface area contributed by atoms with Gasteiger partial charge in [-0.05, 0) is 44.2 Å². The van der Waals surface area contributed by atoms with Crippen molar-refractivity contribution in [2.24, 2.45) is 0 Å². The minimum absolute atomic E-state index is 0.334. The van der Waals surface area contributed by atoms with Crippen LogP contribution in [-0.2, 0) is 0 Å². The first kappa shape index (κ1) is 13.3. The predicted octanol–water partition coefficient (Wildman–Crippen LogP) is 1.88. The first-order chi connectivity index (χ1) is 6.31. The summed E-state index contributed by atoms with van der Waals surface area (Å²) in [7, 11) is 0. The van der Waals surface area contributed by atoms with Gasteiger partial charge in [-0.15, -0.1) is 0 Å². The third kappa shape index (κ3) is 10.2. The van der Waals surface area contributed by atoms with Crippen LogP contribution in [-0.4, -0.2) is 35.8 Å². The van der Waals surface area contributed by atoms with Gasteiger partial charge in [0, 0.05) is 12.6 Å². The summed E-state index contributed by atoms with van der Waals surface area (Å²) < 4.78 is 0. The summed E-state index contributed by atoms with van der Waals surface area (Å²) >= 11 is 1.95. The molecular formula is C10H23NOS. The van der Waals surface area contributed by atoms with Crippen LogP contribution in [0.5, 0.6) is 0 Å². The van der Waals surface area contributed by atoms with Gasteiger partial charge in [0.15, 0.2) is 0 Å². The summed E-state index contributed by atoms with van der Waals surface area (Å²) in [5.41, 5.74) is 0. The largest absolute Gasteiger partial charge is 0.396 e. The van der Waals surface area contributed by atoms with E-state index in [4.69, 9.17) is 5.11 Å². The molecule has 80 valence electrons. The molecule has 0 spiro atoms. The molecule has 0 saturated heterocycles. The van der Waals surface area contributed by atoms with Crippen LogP contribution in [0.3, 0.4) is 0 Å². The van der Waals surface area contributed by atoms with Crippen molar-refractivity contribution in [2.45, 2.75) is 39.2 Å². The van der Waals surface area contributed by atoms with Crippen molar-refractivity contribution >= 4 is 11.8 Å². The standard InChI is InChI=1S/C10H23NOS/c1-3-11-10(2)6-4-8-13-9-5-7-12/h10-12H,3-9H2,1-2H3. The molecule has 0 aliphatic rings. The van der Waals surface area contributed by atoms with Crippen LogP contribution in [0.4, 0.5) is 0 Å². The fraction of sp³-hybridized carbons (Fsp3) is 1.00. The van der Waals surface area contributed by atoms with Crippen molar-refractivity contribution in [1.82, 2.24) is 5.32 Å². The molecule has 0 fully saturated rings. The Labute approximate surface area is 86.5 Å². The smallest absolute Gasteiger partial charge is 0.0438 e. The van der Waals surface area contributed by atoms with Gasteiger partial charge in [0.25, 0.3) is 0 Å². The molecule has 0 saturated carbocycles. The Hall–Kier alpha value is 0.270. The normalized spacial score (nSPS) is 13.2. The van der Waals surface area contributed by atoms with Gasteiger partial charge in [-0.25, -0.2) is 0 Å². The predicted molar refractivity (Wildman–Crippen MR) is 61.4 cm³/mol. The molecule has 0 aromatic heterocycles. The van der Waals surface area contributed by atoms with Gasteiger partial charge >= 0.3 is 0 Å². The molecule has 2 nitrogen and oxygen atoms in total. The van der Waals surface area contributed by atoms with Crippen LogP contribution < -0.4 is 5.32 Å². The van der Waals surface area contributed by atoms with Gasteiger partial charge in [-0.2, -0.15) is 11.8 Å². The lowest BCUT2D eigenvalue weighted by Gasteiger charge is -2.11. The summed E-state index contributed by atoms with van der Waals surface area (Å²) in [6.45, 7) is 5.79. The molecule has 0 amide bonds. The van der Waals surface area contributed by atoms with Crippen molar-refractivity contribution in [3.63, 3.8) is 0 Å². The maximum atomic E-state index is 8.56. The Morgan fingerprint density at radius 2 is 2.00 bits per heavy atom. The quantitative estimate of drug-likeness (QED) is 0.564. The number of aliphatic hydroxyl groups is 1. The molecule has 0 bridgehead atoms. The van der Waals surface area contributed by atoms with Crippen LogP contribution in [0.1, 0.15) is 33.1 Å². The third-order valence-electron chi connectivity index (χ3n) is 1.93. The average molecular weight is 205 g/mol. The van der Waals surface area contributed by atoms with E-state index in [2.05, 4.69) is 19.2 Å². The third-order valence-corrected chi connectivity index (χ3v) is 3.08. The number of hydrogen-bond acceptors (Lipinski definition) is 3. The van der Waals surface area contributed by atoms with Crippen molar-refractivity contribution < 1.29 is 5.11 Å². The maximum absolute atomic E-state index is 8.56. The SMILES string of the molecule is CCNC(C)CCCSCCCO. The van der Waals surface area contributed by atoms with Crippen molar-refractivity contribution in [3.05, 3.63) is 0 Å². The zero-order chi connectivity index (χ0) is 9.94. The van der Waals surface area contributed by atoms with Gasteiger partial charge in [0.2, 0.25) is 0 Å². The molecule has 0 aromatic rings. The highest BCUT2D eigenvalue weighted by molar-refractivity contribution is 7.99. The second-order valence-corrected chi connectivity index (χ2v) is 4.52. The molecule has 0 aliphatic heterocycles. The molecule has 0 aromatic carbocycles. The minimum Gasteiger partial charge on any atom is -0.396 e. The molecule has 0 rings (SSSR count). The van der Waals surface area contributed by atoms with E-state index in [9.17, 15) is 0 Å². The highest BCUT2D eigenvalue weighted by atomic mass is 32.2. The summed E-state index contributed by atoms with van der Waals surface area (Å²) in [5, 5.41) is 12.0. The van der Waals surface area contributed by atoms with Gasteiger partial charge in [0.1, 0.15) is 0 Å². The molecule has 0 aliphatic carbocycles. The number of rotatable bonds is 9. The zero-order valence-electron chi connectivity index (χ0n) is 8.88. The van der Waals surface area contributed by atoms with E-state index in [1.54, 1.807) is 0 Å². The fourth-order valence-corrected chi connectivity index (χ4v) is 2.12. The first-order valence-electron chi connectivity index (χ1n) is 5.23. The molecule has 0 heterocycles. The summed E-state index contributed by atoms with van der Waals surface area (Å²) in [5.74, 6) is 2.34. The van der Waals surface area contributed by atoms with E-state index in [1.165, 1.54) is 18.6 Å². The average Bonchev–Trinajstić information content (AvgIpc) is 2.11. The van der Waals surface area contributed by atoms with Crippen LogP contribution in [0.15, 0.2) is 0 Å². The molecule has 1 atom stereocenters. The van der Waals surface area contributed by atoms with E-state index in [1.807, 2.05) is 11.8 Å². The second kappa shape index (κ2) is 10.4. The van der Waals surface area contributed by atoms with E-state index < -0.39 is 0 Å². The molecule has 1 unspecified atom stereocenters. The number of thioether (sulfide) groups is 1. The van der Waals surface area contributed by atoms with Crippen LogP contribution in [0, 0.1) is 0 Å². The van der Waals surface area contributed by atoms with Gasteiger partial charge in [-0.1, -0.05) is 6.92 Å². The van der Waals surface area contributed by atoms with Crippen LogP contribution in [0.25, 0.3) is 0 Å². The topological polar surface area (TPSA) is 32.3 Å². The van der Waals surface area contributed by atoms with E-state index >= 15 is 0 Å². The maximum Gasteiger partial charge on any atom is 0.0438 e. The molecule has 13 heavy (non-hydrogen) atoms. The lowest BCUT2D eigenvalue weighted by atomic mass is 10.2. The van der Waals surface area contributed by atoms with Gasteiger partial charge in [0.05, 0.1) is 0 Å². The first-order valence-corrected chi connectivity index (χ1v) is 6.38. The fourth-order valence-electron chi connectivity index (χ4n) is 1.21. The lowest BCUT2D eigenvalue weighted by Crippen LogP contribution is -2.25. The monoisotopic (exact) mass is 205 g/mol. The highest BCUT2D eigenvalue weighted by Crippen LogP contribution is 2.07. The van der Waals surface area contributed by atoms with Crippen LogP contribution >= 0.6 is 11.8 Å². The van der Waals surface area contributed by atoms with E-state index in [0.29, 0.717) is 12.6 Å². The molecule has 0 radical (unpaired) electrons. The van der Waals surface area contributed by atoms with Crippen molar-refractivity contribution in [3.8, 4) is 0 Å². The molecular weight excluding hydrogens is 182 g/mol. The number of hydrogen-bond donors (Lipinski definition) is 2. The van der Waals surface area contributed by atoms with Crippen LogP contribution in [0.2, 0.25) is 0 Å². The highest BCUT2D eigenvalue weighted by Gasteiger charge is 1.98. The molecule has 3 heteroatoms. The lowest BCUT2D eigenvalue weighted by molar-refractivity contribution is 0.296. The number of nitrogens with one attached hydrogen (secondary N) is 1. The Morgan fingerprint density at radius 3 is 2.62 bits per heavy atom. The zero-order valence-corrected chi connectivity index (χ0v) is 9.70. The van der Waals surface area contributed by atoms with E-state index in [0.717, 1.165) is 18.7 Å². The molecule has 2 N–H and O–H groups in total. The summed E-state index contributed by atoms with van der Waals surface area (Å²) in [6, 6.07) is 0.656. The Morgan fingerprint density at radius 1 is 1.31 bits per heavy atom. The van der Waals surface area contributed by atoms with Crippen molar-refractivity contribution in [1.29, 1.82) is 0 Å². The number of aliphatic hydroxyl groups excluding tert-OH is 1. The Bertz CT molecular complexity index is 101.